The average molecular weight is 408 g/mol. The number of halogens is 1. The predicted octanol–water partition coefficient (Wildman–Crippen LogP) is -1.81. The first-order valence-corrected chi connectivity index (χ1v) is 6.85. The summed E-state index contributed by atoms with van der Waals surface area (Å²) in [6.07, 6.45) is -1.34. The second kappa shape index (κ2) is 6.46. The van der Waals surface area contributed by atoms with E-state index in [1.807, 2.05) is 22.6 Å². The van der Waals surface area contributed by atoms with Crippen LogP contribution in [-0.2, 0) is 16.3 Å². The number of carbonyl (C=O) groups is 1. The summed E-state index contributed by atoms with van der Waals surface area (Å²) < 4.78 is 7.14. The third kappa shape index (κ3) is 3.37. The van der Waals surface area contributed by atoms with Crippen molar-refractivity contribution in [1.82, 2.24) is 19.5 Å². The zero-order valence-corrected chi connectivity index (χ0v) is 12.8. The van der Waals surface area contributed by atoms with Crippen molar-refractivity contribution < 1.29 is 19.7 Å². The number of hydrogen-bond donors (Lipinski definition) is 4. The first-order chi connectivity index (χ1) is 9.93. The molecule has 0 aliphatic rings. The van der Waals surface area contributed by atoms with Crippen molar-refractivity contribution in [1.29, 1.82) is 0 Å². The first kappa shape index (κ1) is 15.8. The highest BCUT2D eigenvalue weighted by Crippen LogP contribution is 2.17. The van der Waals surface area contributed by atoms with Gasteiger partial charge < -0.3 is 26.4 Å². The van der Waals surface area contributed by atoms with E-state index in [0.29, 0.717) is 15.0 Å². The number of rotatable bonds is 6. The molecule has 114 valence electrons. The van der Waals surface area contributed by atoms with E-state index in [4.69, 9.17) is 21.3 Å². The second-order valence-electron chi connectivity index (χ2n) is 4.13. The Labute approximate surface area is 132 Å². The number of primary amides is 1. The second-order valence-corrected chi connectivity index (χ2v) is 5.10. The van der Waals surface area contributed by atoms with Gasteiger partial charge in [-0.2, -0.15) is 0 Å². The normalized spacial score (nSPS) is 14.2. The van der Waals surface area contributed by atoms with Crippen molar-refractivity contribution in [2.45, 2.75) is 18.9 Å². The molecule has 2 aromatic heterocycles. The number of anilines is 1. The molecule has 21 heavy (non-hydrogen) atoms. The third-order valence-electron chi connectivity index (χ3n) is 2.67. The van der Waals surface area contributed by atoms with Gasteiger partial charge in [0.1, 0.15) is 18.4 Å². The van der Waals surface area contributed by atoms with Crippen LogP contribution in [0.25, 0.3) is 11.2 Å². The molecule has 0 aromatic carbocycles. The Bertz CT molecular complexity index is 662. The standard InChI is InChI=1S/C10H13IN6O4/c11-10-15-7(12)5-9(16-10)17(2-14-5)3-21-6(8(13)20)4(19)1-18/h2,4,6,18-19H,1,3H2,(H2,13,20)(H2,12,15,16)/t4?,6-/m0/s1. The maximum absolute atomic E-state index is 11.2. The topological polar surface area (TPSA) is 162 Å². The molecular formula is C10H13IN6O4. The Balaban J connectivity index is 2.22. The molecule has 10 nitrogen and oxygen atoms in total. The number of carbonyl (C=O) groups excluding carboxylic acids is 1. The van der Waals surface area contributed by atoms with Crippen molar-refractivity contribution in [3.05, 3.63) is 10.2 Å². The lowest BCUT2D eigenvalue weighted by molar-refractivity contribution is -0.144. The van der Waals surface area contributed by atoms with Gasteiger partial charge in [0.2, 0.25) is 5.91 Å². The molecule has 2 aromatic rings. The summed E-state index contributed by atoms with van der Waals surface area (Å²) in [7, 11) is 0. The highest BCUT2D eigenvalue weighted by Gasteiger charge is 2.25. The van der Waals surface area contributed by atoms with Crippen molar-refractivity contribution in [3.63, 3.8) is 0 Å². The van der Waals surface area contributed by atoms with Crippen LogP contribution in [0, 0.1) is 3.83 Å². The molecular weight excluding hydrogens is 395 g/mol. The van der Waals surface area contributed by atoms with Crippen molar-refractivity contribution >= 4 is 45.5 Å². The van der Waals surface area contributed by atoms with Gasteiger partial charge in [0.25, 0.3) is 0 Å². The minimum atomic E-state index is -1.41. The smallest absolute Gasteiger partial charge is 0.249 e. The Kier molecular flexibility index (Phi) is 4.87. The molecule has 0 fully saturated rings. The Morgan fingerprint density at radius 1 is 1.52 bits per heavy atom. The lowest BCUT2D eigenvalue weighted by Crippen LogP contribution is -2.43. The summed E-state index contributed by atoms with van der Waals surface area (Å²) in [6.45, 7) is -0.793. The summed E-state index contributed by atoms with van der Waals surface area (Å²) in [5, 5.41) is 18.3. The fourth-order valence-corrected chi connectivity index (χ4v) is 2.16. The van der Waals surface area contributed by atoms with E-state index in [1.54, 1.807) is 0 Å². The number of nitrogen functional groups attached to an aromatic ring is 1. The summed E-state index contributed by atoms with van der Waals surface area (Å²) in [5.41, 5.74) is 11.7. The van der Waals surface area contributed by atoms with E-state index in [9.17, 15) is 9.90 Å². The predicted molar refractivity (Wildman–Crippen MR) is 79.6 cm³/mol. The van der Waals surface area contributed by atoms with Gasteiger partial charge in [-0.15, -0.1) is 0 Å². The zero-order chi connectivity index (χ0) is 15.6. The molecule has 0 spiro atoms. The van der Waals surface area contributed by atoms with Crippen LogP contribution in [0.1, 0.15) is 0 Å². The maximum atomic E-state index is 11.2. The van der Waals surface area contributed by atoms with Crippen LogP contribution in [0.2, 0.25) is 0 Å². The Morgan fingerprint density at radius 3 is 2.86 bits per heavy atom. The van der Waals surface area contributed by atoms with Crippen LogP contribution in [0.15, 0.2) is 6.33 Å². The molecule has 2 rings (SSSR count). The van der Waals surface area contributed by atoms with Gasteiger partial charge in [0.05, 0.1) is 12.9 Å². The zero-order valence-electron chi connectivity index (χ0n) is 10.7. The lowest BCUT2D eigenvalue weighted by atomic mass is 10.2. The van der Waals surface area contributed by atoms with Gasteiger partial charge in [-0.05, 0) is 0 Å². The number of nitrogens with two attached hydrogens (primary N) is 2. The number of nitrogens with zero attached hydrogens (tertiary/aromatic N) is 4. The molecule has 2 heterocycles. The van der Waals surface area contributed by atoms with Crippen LogP contribution in [0.3, 0.4) is 0 Å². The summed E-state index contributed by atoms with van der Waals surface area (Å²) >= 11 is 1.91. The minimum Gasteiger partial charge on any atom is -0.394 e. The molecule has 1 amide bonds. The number of aromatic nitrogens is 4. The van der Waals surface area contributed by atoms with Crippen LogP contribution in [0.5, 0.6) is 0 Å². The summed E-state index contributed by atoms with van der Waals surface area (Å²) in [5.74, 6) is -0.658. The van der Waals surface area contributed by atoms with Crippen molar-refractivity contribution in [2.75, 3.05) is 12.3 Å². The van der Waals surface area contributed by atoms with Gasteiger partial charge in [-0.3, -0.25) is 9.36 Å². The average Bonchev–Trinajstić information content (AvgIpc) is 2.81. The van der Waals surface area contributed by atoms with Gasteiger partial charge >= 0.3 is 0 Å². The van der Waals surface area contributed by atoms with E-state index in [2.05, 4.69) is 15.0 Å². The van der Waals surface area contributed by atoms with E-state index in [0.717, 1.165) is 0 Å². The number of amides is 1. The SMILES string of the molecule is NC(=O)[C@@H](OCn1cnc2c(N)nc(I)nc21)C(O)CO. The minimum absolute atomic E-state index is 0.145. The number of fused-ring (bicyclic) bond motifs is 1. The van der Waals surface area contributed by atoms with Gasteiger partial charge in [0.15, 0.2) is 21.4 Å². The molecule has 2 atom stereocenters. The van der Waals surface area contributed by atoms with E-state index < -0.39 is 24.7 Å². The first-order valence-electron chi connectivity index (χ1n) is 5.77. The fraction of sp³-hybridized carbons (Fsp3) is 0.400. The Morgan fingerprint density at radius 2 is 2.24 bits per heavy atom. The van der Waals surface area contributed by atoms with Gasteiger partial charge in [-0.1, -0.05) is 0 Å². The van der Waals surface area contributed by atoms with E-state index in [1.165, 1.54) is 10.9 Å². The molecule has 6 N–H and O–H groups in total. The largest absolute Gasteiger partial charge is 0.394 e. The number of aliphatic hydroxyl groups excluding tert-OH is 2. The number of hydrogen-bond acceptors (Lipinski definition) is 8. The quantitative estimate of drug-likeness (QED) is 0.321. The monoisotopic (exact) mass is 408 g/mol. The van der Waals surface area contributed by atoms with Crippen LogP contribution < -0.4 is 11.5 Å². The summed E-state index contributed by atoms with van der Waals surface area (Å²) in [4.78, 5) is 23.4. The number of aliphatic hydroxyl groups is 2. The molecule has 0 aliphatic carbocycles. The molecule has 0 bridgehead atoms. The molecule has 1 unspecified atom stereocenters. The maximum Gasteiger partial charge on any atom is 0.249 e. The van der Waals surface area contributed by atoms with Crippen LogP contribution in [-0.4, -0.2) is 54.5 Å². The molecule has 0 saturated carbocycles. The number of ether oxygens (including phenoxy) is 1. The molecule has 0 saturated heterocycles. The molecule has 11 heteroatoms. The van der Waals surface area contributed by atoms with Gasteiger partial charge in [-0.25, -0.2) is 15.0 Å². The van der Waals surface area contributed by atoms with E-state index >= 15 is 0 Å². The summed E-state index contributed by atoms with van der Waals surface area (Å²) in [6, 6.07) is 0. The van der Waals surface area contributed by atoms with E-state index in [-0.39, 0.29) is 12.5 Å². The van der Waals surface area contributed by atoms with Crippen LogP contribution in [0.4, 0.5) is 5.82 Å². The highest BCUT2D eigenvalue weighted by atomic mass is 127. The molecule has 0 radical (unpaired) electrons. The Hall–Kier alpha value is -1.57. The van der Waals surface area contributed by atoms with Crippen molar-refractivity contribution in [2.24, 2.45) is 5.73 Å². The number of imidazole rings is 1. The van der Waals surface area contributed by atoms with Crippen LogP contribution >= 0.6 is 22.6 Å². The fourth-order valence-electron chi connectivity index (χ4n) is 1.67. The van der Waals surface area contributed by atoms with Gasteiger partial charge in [0, 0.05) is 22.6 Å². The highest BCUT2D eigenvalue weighted by molar-refractivity contribution is 14.1. The third-order valence-corrected chi connectivity index (χ3v) is 3.16. The lowest BCUT2D eigenvalue weighted by Gasteiger charge is -2.18. The molecule has 0 aliphatic heterocycles. The van der Waals surface area contributed by atoms with Crippen molar-refractivity contribution in [3.8, 4) is 0 Å².